The fourth-order valence-electron chi connectivity index (χ4n) is 2.06. The van der Waals surface area contributed by atoms with E-state index in [1.165, 1.54) is 5.56 Å². The number of carbonyl (C=O) groups excluding carboxylic acids is 1. The average Bonchev–Trinajstić information content (AvgIpc) is 2.52. The van der Waals surface area contributed by atoms with Crippen LogP contribution in [-0.4, -0.2) is 12.8 Å². The largest absolute Gasteiger partial charge is 0.473 e. The first-order chi connectivity index (χ1) is 10.6. The zero-order chi connectivity index (χ0) is 15.9. The minimum absolute atomic E-state index is 0.128. The molecule has 4 nitrogen and oxygen atoms in total. The van der Waals surface area contributed by atoms with Gasteiger partial charge in [-0.3, -0.25) is 0 Å². The molecular weight excluding hydrogens is 276 g/mol. The summed E-state index contributed by atoms with van der Waals surface area (Å²) >= 11 is 0. The molecule has 2 aromatic carbocycles. The van der Waals surface area contributed by atoms with E-state index in [4.69, 9.17) is 4.74 Å². The van der Waals surface area contributed by atoms with Crippen molar-refractivity contribution >= 4 is 11.7 Å². The molecule has 0 saturated heterocycles. The summed E-state index contributed by atoms with van der Waals surface area (Å²) in [5.41, 5.74) is 4.25. The van der Waals surface area contributed by atoms with Crippen molar-refractivity contribution in [1.82, 2.24) is 5.32 Å². The summed E-state index contributed by atoms with van der Waals surface area (Å²) in [6, 6.07) is 13.4. The highest BCUT2D eigenvalue weighted by Gasteiger charge is 2.04. The fourth-order valence-corrected chi connectivity index (χ4v) is 2.06. The van der Waals surface area contributed by atoms with Crippen LogP contribution in [0.1, 0.15) is 23.6 Å². The Morgan fingerprint density at radius 3 is 2.50 bits per heavy atom. The van der Waals surface area contributed by atoms with Crippen LogP contribution in [0.15, 0.2) is 42.5 Å². The van der Waals surface area contributed by atoms with Crippen LogP contribution in [-0.2, 0) is 6.42 Å². The molecule has 4 heteroatoms. The van der Waals surface area contributed by atoms with Crippen molar-refractivity contribution in [3.63, 3.8) is 0 Å². The highest BCUT2D eigenvalue weighted by molar-refractivity contribution is 5.89. The number of amides is 2. The van der Waals surface area contributed by atoms with Crippen molar-refractivity contribution in [1.29, 1.82) is 0 Å². The number of aryl methyl sites for hydroxylation is 2. The molecule has 2 rings (SSSR count). The Labute approximate surface area is 131 Å². The SMILES string of the molecule is CCc1ccc(NC(=O)NCOc2cccc(C)c2C)cc1. The molecule has 2 aromatic rings. The second-order valence-electron chi connectivity index (χ2n) is 5.17. The van der Waals surface area contributed by atoms with Gasteiger partial charge < -0.3 is 15.4 Å². The molecule has 0 fully saturated rings. The maximum absolute atomic E-state index is 11.8. The van der Waals surface area contributed by atoms with E-state index in [9.17, 15) is 4.79 Å². The van der Waals surface area contributed by atoms with Crippen molar-refractivity contribution in [2.24, 2.45) is 0 Å². The van der Waals surface area contributed by atoms with Crippen molar-refractivity contribution in [2.75, 3.05) is 12.0 Å². The third kappa shape index (κ3) is 4.25. The standard InChI is InChI=1S/C18H22N2O2/c1-4-15-8-10-16(11-9-15)20-18(21)19-12-22-17-7-5-6-13(2)14(17)3/h5-11H,4,12H2,1-3H3,(H2,19,20,21). The Balaban J connectivity index is 1.81. The summed E-state index contributed by atoms with van der Waals surface area (Å²) in [7, 11) is 0. The topological polar surface area (TPSA) is 50.4 Å². The molecule has 0 radical (unpaired) electrons. The summed E-state index contributed by atoms with van der Waals surface area (Å²) in [5.74, 6) is 0.785. The Morgan fingerprint density at radius 2 is 1.82 bits per heavy atom. The van der Waals surface area contributed by atoms with Gasteiger partial charge in [-0.1, -0.05) is 31.2 Å². The number of ether oxygens (including phenoxy) is 1. The molecule has 2 amide bonds. The molecule has 0 aromatic heterocycles. The third-order valence-electron chi connectivity index (χ3n) is 3.64. The van der Waals surface area contributed by atoms with Gasteiger partial charge in [-0.05, 0) is 55.2 Å². The Bertz CT molecular complexity index is 636. The summed E-state index contributed by atoms with van der Waals surface area (Å²) in [6.07, 6.45) is 0.982. The summed E-state index contributed by atoms with van der Waals surface area (Å²) in [5, 5.41) is 5.46. The molecule has 22 heavy (non-hydrogen) atoms. The molecule has 0 atom stereocenters. The van der Waals surface area contributed by atoms with Gasteiger partial charge >= 0.3 is 6.03 Å². The molecular formula is C18H22N2O2. The van der Waals surface area contributed by atoms with Crippen LogP contribution in [0, 0.1) is 13.8 Å². The molecule has 2 N–H and O–H groups in total. The van der Waals surface area contributed by atoms with E-state index in [0.717, 1.165) is 29.0 Å². The van der Waals surface area contributed by atoms with Gasteiger partial charge in [0.1, 0.15) is 5.75 Å². The van der Waals surface area contributed by atoms with Gasteiger partial charge in [0.15, 0.2) is 6.73 Å². The van der Waals surface area contributed by atoms with Gasteiger partial charge in [0.25, 0.3) is 0 Å². The van der Waals surface area contributed by atoms with Crippen molar-refractivity contribution in [3.8, 4) is 5.75 Å². The smallest absolute Gasteiger partial charge is 0.321 e. The number of urea groups is 1. The Kier molecular flexibility index (Phi) is 5.42. The maximum Gasteiger partial charge on any atom is 0.321 e. The highest BCUT2D eigenvalue weighted by atomic mass is 16.5. The normalized spacial score (nSPS) is 10.1. The van der Waals surface area contributed by atoms with Crippen molar-refractivity contribution in [3.05, 3.63) is 59.2 Å². The van der Waals surface area contributed by atoms with Gasteiger partial charge in [-0.25, -0.2) is 4.79 Å². The van der Waals surface area contributed by atoms with E-state index in [-0.39, 0.29) is 12.8 Å². The molecule has 0 bridgehead atoms. The van der Waals surface area contributed by atoms with Gasteiger partial charge in [0.2, 0.25) is 0 Å². The van der Waals surface area contributed by atoms with Gasteiger partial charge in [0.05, 0.1) is 0 Å². The van der Waals surface area contributed by atoms with Crippen LogP contribution < -0.4 is 15.4 Å². The second kappa shape index (κ2) is 7.50. The lowest BCUT2D eigenvalue weighted by Gasteiger charge is -2.12. The summed E-state index contributed by atoms with van der Waals surface area (Å²) in [4.78, 5) is 11.8. The van der Waals surface area contributed by atoms with Crippen LogP contribution in [0.3, 0.4) is 0 Å². The van der Waals surface area contributed by atoms with Crippen LogP contribution in [0.2, 0.25) is 0 Å². The minimum Gasteiger partial charge on any atom is -0.473 e. The van der Waals surface area contributed by atoms with E-state index in [1.54, 1.807) is 0 Å². The van der Waals surface area contributed by atoms with Gasteiger partial charge in [0, 0.05) is 5.69 Å². The number of hydrogen-bond donors (Lipinski definition) is 2. The summed E-state index contributed by atoms with van der Waals surface area (Å²) in [6.45, 7) is 6.26. The first-order valence-corrected chi connectivity index (χ1v) is 7.43. The van der Waals surface area contributed by atoms with Crippen LogP contribution >= 0.6 is 0 Å². The minimum atomic E-state index is -0.283. The quantitative estimate of drug-likeness (QED) is 0.819. The van der Waals surface area contributed by atoms with E-state index in [0.29, 0.717) is 0 Å². The lowest BCUT2D eigenvalue weighted by atomic mass is 10.1. The molecule has 0 spiro atoms. The van der Waals surface area contributed by atoms with Crippen molar-refractivity contribution < 1.29 is 9.53 Å². The molecule has 116 valence electrons. The number of hydrogen-bond acceptors (Lipinski definition) is 2. The van der Waals surface area contributed by atoms with Gasteiger partial charge in [-0.15, -0.1) is 0 Å². The zero-order valence-electron chi connectivity index (χ0n) is 13.3. The molecule has 0 unspecified atom stereocenters. The monoisotopic (exact) mass is 298 g/mol. The fraction of sp³-hybridized carbons (Fsp3) is 0.278. The molecule has 0 aliphatic rings. The lowest BCUT2D eigenvalue weighted by molar-refractivity contribution is 0.234. The van der Waals surface area contributed by atoms with E-state index in [1.807, 2.05) is 56.3 Å². The van der Waals surface area contributed by atoms with E-state index >= 15 is 0 Å². The Morgan fingerprint density at radius 1 is 1.09 bits per heavy atom. The lowest BCUT2D eigenvalue weighted by Crippen LogP contribution is -2.32. The number of rotatable bonds is 5. The molecule has 0 aliphatic carbocycles. The molecule has 0 aliphatic heterocycles. The Hall–Kier alpha value is -2.49. The number of carbonyl (C=O) groups is 1. The van der Waals surface area contributed by atoms with Gasteiger partial charge in [-0.2, -0.15) is 0 Å². The maximum atomic E-state index is 11.8. The van der Waals surface area contributed by atoms with Crippen LogP contribution in [0.25, 0.3) is 0 Å². The van der Waals surface area contributed by atoms with Crippen LogP contribution in [0.5, 0.6) is 5.75 Å². The first-order valence-electron chi connectivity index (χ1n) is 7.43. The summed E-state index contributed by atoms with van der Waals surface area (Å²) < 4.78 is 5.59. The average molecular weight is 298 g/mol. The third-order valence-corrected chi connectivity index (χ3v) is 3.64. The van der Waals surface area contributed by atoms with Crippen LogP contribution in [0.4, 0.5) is 10.5 Å². The number of anilines is 1. The van der Waals surface area contributed by atoms with E-state index < -0.39 is 0 Å². The predicted molar refractivity (Wildman–Crippen MR) is 89.4 cm³/mol. The highest BCUT2D eigenvalue weighted by Crippen LogP contribution is 2.20. The van der Waals surface area contributed by atoms with E-state index in [2.05, 4.69) is 17.6 Å². The zero-order valence-corrected chi connectivity index (χ0v) is 13.3. The number of benzene rings is 2. The predicted octanol–water partition coefficient (Wildman–Crippen LogP) is 4.02. The first kappa shape index (κ1) is 15.9. The molecule has 0 heterocycles. The number of nitrogens with one attached hydrogen (secondary N) is 2. The van der Waals surface area contributed by atoms with Crippen molar-refractivity contribution in [2.45, 2.75) is 27.2 Å². The molecule has 0 saturated carbocycles. The second-order valence-corrected chi connectivity index (χ2v) is 5.17.